The van der Waals surface area contributed by atoms with Crippen molar-refractivity contribution in [3.8, 4) is 0 Å². The number of anilines is 1. The zero-order chi connectivity index (χ0) is 21.3. The Kier molecular flexibility index (Phi) is 5.58. The topological polar surface area (TPSA) is 109 Å². The van der Waals surface area contributed by atoms with Crippen molar-refractivity contribution in [1.29, 1.82) is 0 Å². The summed E-state index contributed by atoms with van der Waals surface area (Å²) in [4.78, 5) is 50.7. The van der Waals surface area contributed by atoms with E-state index in [0.29, 0.717) is 11.4 Å². The van der Waals surface area contributed by atoms with E-state index < -0.39 is 41.1 Å². The van der Waals surface area contributed by atoms with Gasteiger partial charge in [-0.1, -0.05) is 18.2 Å². The standard InChI is InChI=1S/C20H23N3O6/c1-22-13-10-12(18(25)28-3)14(19(26)29-4)16(21-11-8-6-5-7-9-11)15(13)17(24)23(2)20(22)27/h5-9,12,14,16,21H,10H2,1-4H3/t12-,14+,16+/m0/s1. The second-order valence-electron chi connectivity index (χ2n) is 6.94. The Balaban J connectivity index is 2.29. The minimum Gasteiger partial charge on any atom is -0.469 e. The Hall–Kier alpha value is -3.36. The van der Waals surface area contributed by atoms with Gasteiger partial charge < -0.3 is 19.4 Å². The van der Waals surface area contributed by atoms with Crippen LogP contribution in [0.2, 0.25) is 0 Å². The molecule has 1 aliphatic carbocycles. The number of carbonyl (C=O) groups excluding carboxylic acids is 2. The number of methoxy groups -OCH3 is 2. The zero-order valence-corrected chi connectivity index (χ0v) is 16.7. The smallest absolute Gasteiger partial charge is 0.330 e. The molecule has 1 aromatic carbocycles. The maximum atomic E-state index is 13.0. The van der Waals surface area contributed by atoms with Gasteiger partial charge >= 0.3 is 17.6 Å². The highest BCUT2D eigenvalue weighted by atomic mass is 16.5. The number of ether oxygens (including phenoxy) is 2. The first-order chi connectivity index (χ1) is 13.8. The Morgan fingerprint density at radius 3 is 2.21 bits per heavy atom. The highest BCUT2D eigenvalue weighted by molar-refractivity contribution is 5.84. The lowest BCUT2D eigenvalue weighted by Crippen LogP contribution is -2.51. The molecule has 3 atom stereocenters. The van der Waals surface area contributed by atoms with Crippen LogP contribution in [-0.4, -0.2) is 35.3 Å². The van der Waals surface area contributed by atoms with Crippen molar-refractivity contribution in [2.75, 3.05) is 19.5 Å². The SMILES string of the molecule is COC(=O)[C@@H]1[C@@H](C(=O)OC)Cc2c(c(=O)n(C)c(=O)n2C)[C@@H]1Nc1ccccc1. The molecule has 1 aromatic heterocycles. The van der Waals surface area contributed by atoms with Crippen molar-refractivity contribution in [3.63, 3.8) is 0 Å². The number of hydrogen-bond donors (Lipinski definition) is 1. The summed E-state index contributed by atoms with van der Waals surface area (Å²) in [6.07, 6.45) is 0.0105. The Morgan fingerprint density at radius 2 is 1.62 bits per heavy atom. The highest BCUT2D eigenvalue weighted by Crippen LogP contribution is 2.39. The number of fused-ring (bicyclic) bond motifs is 1. The fraction of sp³-hybridized carbons (Fsp3) is 0.400. The largest absolute Gasteiger partial charge is 0.469 e. The summed E-state index contributed by atoms with van der Waals surface area (Å²) < 4.78 is 12.2. The summed E-state index contributed by atoms with van der Waals surface area (Å²) in [5, 5.41) is 3.19. The first-order valence-electron chi connectivity index (χ1n) is 9.07. The van der Waals surface area contributed by atoms with Crippen LogP contribution in [0.5, 0.6) is 0 Å². The maximum Gasteiger partial charge on any atom is 0.330 e. The van der Waals surface area contributed by atoms with Gasteiger partial charge in [-0.15, -0.1) is 0 Å². The van der Waals surface area contributed by atoms with Crippen LogP contribution in [-0.2, 0) is 39.6 Å². The van der Waals surface area contributed by atoms with Crippen molar-refractivity contribution in [2.24, 2.45) is 25.9 Å². The van der Waals surface area contributed by atoms with E-state index in [1.165, 1.54) is 32.9 Å². The molecule has 29 heavy (non-hydrogen) atoms. The predicted octanol–water partition coefficient (Wildman–Crippen LogP) is 0.372. The van der Waals surface area contributed by atoms with Crippen molar-refractivity contribution in [2.45, 2.75) is 12.5 Å². The second-order valence-corrected chi connectivity index (χ2v) is 6.94. The van der Waals surface area contributed by atoms with Gasteiger partial charge in [-0.05, 0) is 12.1 Å². The van der Waals surface area contributed by atoms with Gasteiger partial charge in [0, 0.05) is 31.9 Å². The molecule has 0 spiro atoms. The van der Waals surface area contributed by atoms with Gasteiger partial charge in [0.05, 0.1) is 37.7 Å². The van der Waals surface area contributed by atoms with Crippen LogP contribution >= 0.6 is 0 Å². The van der Waals surface area contributed by atoms with Crippen molar-refractivity contribution in [1.82, 2.24) is 9.13 Å². The van der Waals surface area contributed by atoms with E-state index in [1.54, 1.807) is 24.3 Å². The third-order valence-corrected chi connectivity index (χ3v) is 5.41. The number of rotatable bonds is 4. The van der Waals surface area contributed by atoms with Crippen molar-refractivity contribution >= 4 is 17.6 Å². The normalized spacial score (nSPS) is 20.5. The molecule has 0 saturated heterocycles. The highest BCUT2D eigenvalue weighted by Gasteiger charge is 2.48. The van der Waals surface area contributed by atoms with Gasteiger partial charge in [-0.25, -0.2) is 4.79 Å². The lowest BCUT2D eigenvalue weighted by Gasteiger charge is -2.37. The molecule has 9 nitrogen and oxygen atoms in total. The molecule has 0 radical (unpaired) electrons. The van der Waals surface area contributed by atoms with Crippen LogP contribution in [0.1, 0.15) is 17.3 Å². The quantitative estimate of drug-likeness (QED) is 0.738. The molecule has 1 heterocycles. The van der Waals surface area contributed by atoms with Gasteiger partial charge in [0.1, 0.15) is 0 Å². The number of esters is 2. The fourth-order valence-electron chi connectivity index (χ4n) is 3.91. The van der Waals surface area contributed by atoms with Gasteiger partial charge in [-0.3, -0.25) is 19.0 Å². The van der Waals surface area contributed by atoms with Gasteiger partial charge in [0.15, 0.2) is 0 Å². The van der Waals surface area contributed by atoms with E-state index in [4.69, 9.17) is 9.47 Å². The Labute approximate surface area is 166 Å². The molecule has 1 N–H and O–H groups in total. The number of nitrogens with zero attached hydrogens (tertiary/aromatic N) is 2. The lowest BCUT2D eigenvalue weighted by molar-refractivity contribution is -0.159. The number of hydrogen-bond acceptors (Lipinski definition) is 7. The molecule has 154 valence electrons. The molecule has 9 heteroatoms. The van der Waals surface area contributed by atoms with Crippen LogP contribution < -0.4 is 16.6 Å². The molecule has 3 rings (SSSR count). The first kappa shape index (κ1) is 20.4. The minimum atomic E-state index is -1.01. The van der Waals surface area contributed by atoms with Crippen LogP contribution in [0.15, 0.2) is 39.9 Å². The van der Waals surface area contributed by atoms with E-state index >= 15 is 0 Å². The van der Waals surface area contributed by atoms with Crippen molar-refractivity contribution < 1.29 is 19.1 Å². The molecular weight excluding hydrogens is 378 g/mol. The predicted molar refractivity (Wildman–Crippen MR) is 104 cm³/mol. The number of carbonyl (C=O) groups is 2. The van der Waals surface area contributed by atoms with Crippen LogP contribution in [0.25, 0.3) is 0 Å². The molecule has 0 aliphatic heterocycles. The lowest BCUT2D eigenvalue weighted by atomic mass is 9.74. The summed E-state index contributed by atoms with van der Waals surface area (Å²) in [6, 6.07) is 8.11. The summed E-state index contributed by atoms with van der Waals surface area (Å²) in [7, 11) is 5.37. The third-order valence-electron chi connectivity index (χ3n) is 5.41. The van der Waals surface area contributed by atoms with E-state index in [1.807, 2.05) is 6.07 Å². The van der Waals surface area contributed by atoms with Gasteiger partial charge in [-0.2, -0.15) is 0 Å². The molecular formula is C20H23N3O6. The zero-order valence-electron chi connectivity index (χ0n) is 16.7. The molecule has 0 amide bonds. The Bertz CT molecular complexity index is 1060. The molecule has 0 fully saturated rings. The molecule has 0 saturated carbocycles. The van der Waals surface area contributed by atoms with Gasteiger partial charge in [0.2, 0.25) is 0 Å². The number of nitrogens with one attached hydrogen (secondary N) is 1. The molecule has 0 unspecified atom stereocenters. The minimum absolute atomic E-state index is 0.0105. The summed E-state index contributed by atoms with van der Waals surface area (Å²) in [5.74, 6) is -3.18. The molecule has 2 aromatic rings. The van der Waals surface area contributed by atoms with E-state index in [0.717, 1.165) is 4.57 Å². The first-order valence-corrected chi connectivity index (χ1v) is 9.07. The third kappa shape index (κ3) is 3.43. The summed E-state index contributed by atoms with van der Waals surface area (Å²) in [5.41, 5.74) is 0.274. The number of para-hydroxylation sites is 1. The van der Waals surface area contributed by atoms with E-state index in [-0.39, 0.29) is 12.0 Å². The van der Waals surface area contributed by atoms with Crippen LogP contribution in [0.4, 0.5) is 5.69 Å². The number of aromatic nitrogens is 2. The van der Waals surface area contributed by atoms with Crippen molar-refractivity contribution in [3.05, 3.63) is 62.4 Å². The fourth-order valence-corrected chi connectivity index (χ4v) is 3.91. The van der Waals surface area contributed by atoms with Gasteiger partial charge in [0.25, 0.3) is 5.56 Å². The van der Waals surface area contributed by atoms with Crippen LogP contribution in [0.3, 0.4) is 0 Å². The summed E-state index contributed by atoms with van der Waals surface area (Å²) >= 11 is 0. The monoisotopic (exact) mass is 401 g/mol. The molecule has 1 aliphatic rings. The van der Waals surface area contributed by atoms with E-state index in [2.05, 4.69) is 5.32 Å². The van der Waals surface area contributed by atoms with Crippen LogP contribution in [0, 0.1) is 11.8 Å². The average molecular weight is 401 g/mol. The maximum absolute atomic E-state index is 13.0. The summed E-state index contributed by atoms with van der Waals surface area (Å²) in [6.45, 7) is 0. The Morgan fingerprint density at radius 1 is 1.00 bits per heavy atom. The number of benzene rings is 1. The second kappa shape index (κ2) is 7.94. The molecule has 0 bridgehead atoms. The van der Waals surface area contributed by atoms with E-state index in [9.17, 15) is 19.2 Å². The average Bonchev–Trinajstić information content (AvgIpc) is 2.75.